The molecule has 106 valence electrons. The van der Waals surface area contributed by atoms with Gasteiger partial charge in [-0.15, -0.1) is 0 Å². The SMILES string of the molecule is COc1cccc(C(O)Cc2ccc(C)cn2)c1OC. The molecule has 0 bridgehead atoms. The summed E-state index contributed by atoms with van der Waals surface area (Å²) in [5.74, 6) is 1.18. The maximum absolute atomic E-state index is 10.4. The quantitative estimate of drug-likeness (QED) is 0.910. The van der Waals surface area contributed by atoms with E-state index in [0.29, 0.717) is 23.5 Å². The summed E-state index contributed by atoms with van der Waals surface area (Å²) in [7, 11) is 3.15. The second-order valence-corrected chi connectivity index (χ2v) is 4.63. The Morgan fingerprint density at radius 2 is 1.95 bits per heavy atom. The molecule has 1 unspecified atom stereocenters. The van der Waals surface area contributed by atoms with Crippen molar-refractivity contribution in [1.82, 2.24) is 4.98 Å². The first kappa shape index (κ1) is 14.3. The minimum Gasteiger partial charge on any atom is -0.493 e. The first-order valence-corrected chi connectivity index (χ1v) is 6.46. The van der Waals surface area contributed by atoms with Crippen LogP contribution in [0, 0.1) is 6.92 Å². The number of ether oxygens (including phenoxy) is 2. The molecule has 2 rings (SSSR count). The Balaban J connectivity index is 2.24. The summed E-state index contributed by atoms with van der Waals surface area (Å²) in [6, 6.07) is 9.38. The lowest BCUT2D eigenvalue weighted by Gasteiger charge is -2.16. The molecule has 1 atom stereocenters. The second-order valence-electron chi connectivity index (χ2n) is 4.63. The van der Waals surface area contributed by atoms with Gasteiger partial charge in [0.2, 0.25) is 0 Å². The minimum absolute atomic E-state index is 0.434. The van der Waals surface area contributed by atoms with Crippen molar-refractivity contribution in [3.05, 3.63) is 53.3 Å². The first-order chi connectivity index (χ1) is 9.65. The third-order valence-corrected chi connectivity index (χ3v) is 3.17. The van der Waals surface area contributed by atoms with Crippen molar-refractivity contribution in [3.8, 4) is 11.5 Å². The van der Waals surface area contributed by atoms with Crippen LogP contribution < -0.4 is 9.47 Å². The molecule has 0 fully saturated rings. The fourth-order valence-electron chi connectivity index (χ4n) is 2.10. The molecule has 1 aromatic heterocycles. The van der Waals surface area contributed by atoms with Crippen LogP contribution in [-0.2, 0) is 6.42 Å². The maximum atomic E-state index is 10.4. The number of hydrogen-bond acceptors (Lipinski definition) is 4. The molecule has 0 saturated heterocycles. The summed E-state index contributed by atoms with van der Waals surface area (Å²) in [6.45, 7) is 1.98. The van der Waals surface area contributed by atoms with Gasteiger partial charge in [0.25, 0.3) is 0 Å². The fraction of sp³-hybridized carbons (Fsp3) is 0.312. The molecule has 1 N–H and O–H groups in total. The molecule has 0 aliphatic rings. The highest BCUT2D eigenvalue weighted by Crippen LogP contribution is 2.35. The normalized spacial score (nSPS) is 12.0. The van der Waals surface area contributed by atoms with Crippen LogP contribution in [0.25, 0.3) is 0 Å². The molecule has 0 aliphatic carbocycles. The third-order valence-electron chi connectivity index (χ3n) is 3.17. The number of nitrogens with zero attached hydrogens (tertiary/aromatic N) is 1. The van der Waals surface area contributed by atoms with Crippen LogP contribution in [0.3, 0.4) is 0 Å². The lowest BCUT2D eigenvalue weighted by molar-refractivity contribution is 0.171. The van der Waals surface area contributed by atoms with Gasteiger partial charge in [0, 0.05) is 23.9 Å². The minimum atomic E-state index is -0.685. The predicted molar refractivity (Wildman–Crippen MR) is 77.2 cm³/mol. The topological polar surface area (TPSA) is 51.6 Å². The lowest BCUT2D eigenvalue weighted by atomic mass is 10.0. The summed E-state index contributed by atoms with van der Waals surface area (Å²) < 4.78 is 10.6. The smallest absolute Gasteiger partial charge is 0.166 e. The molecule has 20 heavy (non-hydrogen) atoms. The van der Waals surface area contributed by atoms with Crippen LogP contribution in [0.15, 0.2) is 36.5 Å². The van der Waals surface area contributed by atoms with Crippen molar-refractivity contribution in [2.75, 3.05) is 14.2 Å². The van der Waals surface area contributed by atoms with Crippen LogP contribution in [-0.4, -0.2) is 24.3 Å². The fourth-order valence-corrected chi connectivity index (χ4v) is 2.10. The monoisotopic (exact) mass is 273 g/mol. The Kier molecular flexibility index (Phi) is 4.58. The number of pyridine rings is 1. The number of para-hydroxylation sites is 1. The molecule has 0 aliphatic heterocycles. The molecule has 0 radical (unpaired) electrons. The molecule has 0 spiro atoms. The molecule has 4 heteroatoms. The molecule has 1 aromatic carbocycles. The Labute approximate surface area is 119 Å². The highest BCUT2D eigenvalue weighted by molar-refractivity contribution is 5.47. The van der Waals surface area contributed by atoms with Crippen LogP contribution in [0.4, 0.5) is 0 Å². The summed E-state index contributed by atoms with van der Waals surface area (Å²) in [5.41, 5.74) is 2.64. The Hall–Kier alpha value is -2.07. The summed E-state index contributed by atoms with van der Waals surface area (Å²) in [4.78, 5) is 4.31. The van der Waals surface area contributed by atoms with Gasteiger partial charge < -0.3 is 14.6 Å². The van der Waals surface area contributed by atoms with Crippen molar-refractivity contribution in [1.29, 1.82) is 0 Å². The van der Waals surface area contributed by atoms with Gasteiger partial charge in [0.15, 0.2) is 11.5 Å². The third kappa shape index (κ3) is 3.08. The predicted octanol–water partition coefficient (Wildman–Crippen LogP) is 2.68. The lowest BCUT2D eigenvalue weighted by Crippen LogP contribution is -2.06. The largest absolute Gasteiger partial charge is 0.493 e. The van der Waals surface area contributed by atoms with E-state index in [4.69, 9.17) is 9.47 Å². The van der Waals surface area contributed by atoms with Gasteiger partial charge in [0.1, 0.15) is 0 Å². The van der Waals surface area contributed by atoms with Crippen molar-refractivity contribution in [3.63, 3.8) is 0 Å². The summed E-state index contributed by atoms with van der Waals surface area (Å²) in [6.07, 6.45) is 1.55. The maximum Gasteiger partial charge on any atom is 0.166 e. The van der Waals surface area contributed by atoms with E-state index in [-0.39, 0.29) is 0 Å². The average Bonchev–Trinajstić information content (AvgIpc) is 2.48. The van der Waals surface area contributed by atoms with Gasteiger partial charge in [0.05, 0.1) is 20.3 Å². The van der Waals surface area contributed by atoms with E-state index in [2.05, 4.69) is 4.98 Å². The van der Waals surface area contributed by atoms with E-state index < -0.39 is 6.10 Å². The molecule has 0 saturated carbocycles. The molecule has 2 aromatic rings. The number of aryl methyl sites for hydroxylation is 1. The van der Waals surface area contributed by atoms with Gasteiger partial charge in [-0.25, -0.2) is 0 Å². The Bertz CT molecular complexity index is 566. The van der Waals surface area contributed by atoms with Crippen molar-refractivity contribution in [2.24, 2.45) is 0 Å². The molecule has 1 heterocycles. The number of aliphatic hydroxyl groups is 1. The number of rotatable bonds is 5. The van der Waals surface area contributed by atoms with E-state index in [0.717, 1.165) is 11.3 Å². The number of aliphatic hydroxyl groups excluding tert-OH is 1. The van der Waals surface area contributed by atoms with Crippen LogP contribution >= 0.6 is 0 Å². The number of methoxy groups -OCH3 is 2. The summed E-state index contributed by atoms with van der Waals surface area (Å²) >= 11 is 0. The first-order valence-electron chi connectivity index (χ1n) is 6.46. The van der Waals surface area contributed by atoms with E-state index in [1.807, 2.05) is 31.2 Å². The van der Waals surface area contributed by atoms with Gasteiger partial charge in [-0.1, -0.05) is 18.2 Å². The van der Waals surface area contributed by atoms with Crippen molar-refractivity contribution >= 4 is 0 Å². The number of benzene rings is 1. The van der Waals surface area contributed by atoms with Crippen molar-refractivity contribution in [2.45, 2.75) is 19.4 Å². The van der Waals surface area contributed by atoms with E-state index in [1.54, 1.807) is 26.5 Å². The molecular formula is C16H19NO3. The molecule has 0 amide bonds. The molecular weight excluding hydrogens is 254 g/mol. The van der Waals surface area contributed by atoms with Crippen LogP contribution in [0.2, 0.25) is 0 Å². The zero-order chi connectivity index (χ0) is 14.5. The van der Waals surface area contributed by atoms with Gasteiger partial charge in [-0.3, -0.25) is 4.98 Å². The average molecular weight is 273 g/mol. The highest BCUT2D eigenvalue weighted by atomic mass is 16.5. The Morgan fingerprint density at radius 1 is 1.15 bits per heavy atom. The highest BCUT2D eigenvalue weighted by Gasteiger charge is 2.17. The van der Waals surface area contributed by atoms with E-state index in [9.17, 15) is 5.11 Å². The molecule has 4 nitrogen and oxygen atoms in total. The van der Waals surface area contributed by atoms with E-state index in [1.165, 1.54) is 0 Å². The number of aromatic nitrogens is 1. The van der Waals surface area contributed by atoms with Crippen LogP contribution in [0.1, 0.15) is 22.9 Å². The van der Waals surface area contributed by atoms with Gasteiger partial charge >= 0.3 is 0 Å². The number of hydrogen-bond donors (Lipinski definition) is 1. The van der Waals surface area contributed by atoms with E-state index >= 15 is 0 Å². The van der Waals surface area contributed by atoms with Gasteiger partial charge in [-0.2, -0.15) is 0 Å². The second kappa shape index (κ2) is 6.39. The Morgan fingerprint density at radius 3 is 2.55 bits per heavy atom. The zero-order valence-corrected chi connectivity index (χ0v) is 12.0. The zero-order valence-electron chi connectivity index (χ0n) is 12.0. The standard InChI is InChI=1S/C16H19NO3/c1-11-7-8-12(17-10-11)9-14(18)13-5-4-6-15(19-2)16(13)20-3/h4-8,10,14,18H,9H2,1-3H3. The summed E-state index contributed by atoms with van der Waals surface area (Å²) in [5, 5.41) is 10.4. The van der Waals surface area contributed by atoms with Crippen LogP contribution in [0.5, 0.6) is 11.5 Å². The van der Waals surface area contributed by atoms with Crippen molar-refractivity contribution < 1.29 is 14.6 Å². The van der Waals surface area contributed by atoms with Gasteiger partial charge in [-0.05, 0) is 24.6 Å².